The Morgan fingerprint density at radius 1 is 0.939 bits per heavy atom. The van der Waals surface area contributed by atoms with Gasteiger partial charge in [0.1, 0.15) is 6.54 Å². The van der Waals surface area contributed by atoms with Gasteiger partial charge >= 0.3 is 5.97 Å². The quantitative estimate of drug-likeness (QED) is 0.410. The number of aliphatic hydroxyl groups excluding tert-OH is 3. The summed E-state index contributed by atoms with van der Waals surface area (Å²) in [7, 11) is 0. The van der Waals surface area contributed by atoms with E-state index in [4.69, 9.17) is 5.11 Å². The number of fused-ring (bicyclic) bond motifs is 5. The molecule has 0 aromatic heterocycles. The Labute approximate surface area is 197 Å². The first-order valence-electron chi connectivity index (χ1n) is 13.0. The van der Waals surface area contributed by atoms with Crippen LogP contribution in [0.4, 0.5) is 0 Å². The molecule has 0 radical (unpaired) electrons. The normalized spacial score (nSPS) is 47.7. The highest BCUT2D eigenvalue weighted by atomic mass is 16.4. The summed E-state index contributed by atoms with van der Waals surface area (Å²) in [6.07, 6.45) is 5.74. The molecule has 0 spiro atoms. The zero-order valence-corrected chi connectivity index (χ0v) is 20.4. The highest BCUT2D eigenvalue weighted by Crippen LogP contribution is 2.68. The number of hydrogen-bond acceptors (Lipinski definition) is 5. The van der Waals surface area contributed by atoms with E-state index in [9.17, 15) is 24.9 Å². The zero-order chi connectivity index (χ0) is 24.1. The maximum atomic E-state index is 12.0. The fourth-order valence-corrected chi connectivity index (χ4v) is 9.04. The van der Waals surface area contributed by atoms with Crippen LogP contribution in [-0.4, -0.2) is 57.2 Å². The molecule has 0 aromatic carbocycles. The fraction of sp³-hybridized carbons (Fsp3) is 0.923. The van der Waals surface area contributed by atoms with Gasteiger partial charge in [-0.25, -0.2) is 0 Å². The van der Waals surface area contributed by atoms with Crippen molar-refractivity contribution in [1.29, 1.82) is 0 Å². The largest absolute Gasteiger partial charge is 0.480 e. The molecule has 188 valence electrons. The van der Waals surface area contributed by atoms with Crippen LogP contribution in [0.2, 0.25) is 0 Å². The van der Waals surface area contributed by atoms with Crippen molar-refractivity contribution in [3.63, 3.8) is 0 Å². The SMILES string of the molecule is C[C@H](CCC(=O)NCC(=O)O)[C@H]1CC[C@H]2[C@@H]3[C@@H](O)[C@H](O)[C@@H]4C[C@H](O)CC[C@]4(C)[C@H]3CC[C@]12C. The van der Waals surface area contributed by atoms with E-state index in [1.165, 1.54) is 0 Å². The predicted octanol–water partition coefficient (Wildman–Crippen LogP) is 2.56. The van der Waals surface area contributed by atoms with E-state index in [0.717, 1.165) is 44.9 Å². The molecule has 4 saturated carbocycles. The summed E-state index contributed by atoms with van der Waals surface area (Å²) in [6.45, 7) is 6.53. The summed E-state index contributed by atoms with van der Waals surface area (Å²) in [5, 5.41) is 44.0. The molecule has 4 fully saturated rings. The minimum Gasteiger partial charge on any atom is -0.480 e. The van der Waals surface area contributed by atoms with Gasteiger partial charge in [-0.3, -0.25) is 9.59 Å². The van der Waals surface area contributed by atoms with Gasteiger partial charge in [-0.05, 0) is 97.7 Å². The summed E-state index contributed by atoms with van der Waals surface area (Å²) < 4.78 is 0. The number of aliphatic hydroxyl groups is 3. The molecule has 0 aliphatic heterocycles. The zero-order valence-electron chi connectivity index (χ0n) is 20.4. The first-order chi connectivity index (χ1) is 15.5. The number of aliphatic carboxylic acids is 1. The summed E-state index contributed by atoms with van der Waals surface area (Å²) >= 11 is 0. The minimum atomic E-state index is -1.03. The van der Waals surface area contributed by atoms with Crippen molar-refractivity contribution in [1.82, 2.24) is 5.32 Å². The lowest BCUT2D eigenvalue weighted by Crippen LogP contribution is -2.64. The van der Waals surface area contributed by atoms with Crippen LogP contribution < -0.4 is 5.32 Å². The molecule has 4 aliphatic rings. The molecule has 33 heavy (non-hydrogen) atoms. The Hall–Kier alpha value is -1.18. The third kappa shape index (κ3) is 4.23. The van der Waals surface area contributed by atoms with Gasteiger partial charge in [0.05, 0.1) is 18.3 Å². The second-order valence-corrected chi connectivity index (χ2v) is 12.2. The first kappa shape index (κ1) is 24.9. The van der Waals surface area contributed by atoms with Crippen molar-refractivity contribution in [3.05, 3.63) is 0 Å². The van der Waals surface area contributed by atoms with Crippen molar-refractivity contribution < 1.29 is 30.0 Å². The van der Waals surface area contributed by atoms with Crippen LogP contribution in [0.3, 0.4) is 0 Å². The second kappa shape index (κ2) is 9.12. The van der Waals surface area contributed by atoms with Crippen LogP contribution in [0, 0.1) is 46.3 Å². The number of nitrogens with one attached hydrogen (secondary N) is 1. The van der Waals surface area contributed by atoms with Gasteiger partial charge in [-0.2, -0.15) is 0 Å². The number of amides is 1. The van der Waals surface area contributed by atoms with E-state index in [-0.39, 0.29) is 41.2 Å². The van der Waals surface area contributed by atoms with Crippen molar-refractivity contribution >= 4 is 11.9 Å². The molecule has 4 rings (SSSR count). The van der Waals surface area contributed by atoms with Crippen molar-refractivity contribution in [3.8, 4) is 0 Å². The average molecular weight is 466 g/mol. The minimum absolute atomic E-state index is 0.0319. The summed E-state index contributed by atoms with van der Waals surface area (Å²) in [5.74, 6) is 0.340. The number of carboxylic acids is 1. The highest BCUT2D eigenvalue weighted by Gasteiger charge is 2.65. The third-order valence-corrected chi connectivity index (χ3v) is 10.7. The Kier molecular flexibility index (Phi) is 6.89. The van der Waals surface area contributed by atoms with E-state index in [1.807, 2.05) is 0 Å². The number of carbonyl (C=O) groups is 2. The maximum Gasteiger partial charge on any atom is 0.322 e. The first-order valence-corrected chi connectivity index (χ1v) is 13.0. The average Bonchev–Trinajstić information content (AvgIpc) is 3.12. The number of rotatable bonds is 6. The molecule has 7 nitrogen and oxygen atoms in total. The molecule has 0 bridgehead atoms. The summed E-state index contributed by atoms with van der Waals surface area (Å²) in [4.78, 5) is 22.7. The van der Waals surface area contributed by atoms with Crippen LogP contribution >= 0.6 is 0 Å². The highest BCUT2D eigenvalue weighted by molar-refractivity contribution is 5.81. The Balaban J connectivity index is 1.47. The van der Waals surface area contributed by atoms with Gasteiger partial charge in [0.25, 0.3) is 0 Å². The van der Waals surface area contributed by atoms with Crippen molar-refractivity contribution in [2.75, 3.05) is 6.54 Å². The molecule has 0 unspecified atom stereocenters. The van der Waals surface area contributed by atoms with E-state index < -0.39 is 18.2 Å². The summed E-state index contributed by atoms with van der Waals surface area (Å²) in [5.41, 5.74) is 0.0476. The van der Waals surface area contributed by atoms with Crippen LogP contribution in [0.5, 0.6) is 0 Å². The van der Waals surface area contributed by atoms with Crippen LogP contribution in [0.15, 0.2) is 0 Å². The Bertz CT molecular complexity index is 759. The molecule has 7 heteroatoms. The van der Waals surface area contributed by atoms with Gasteiger partial charge in [-0.15, -0.1) is 0 Å². The van der Waals surface area contributed by atoms with Gasteiger partial charge in [0.15, 0.2) is 0 Å². The van der Waals surface area contributed by atoms with Gasteiger partial charge < -0.3 is 25.7 Å². The molecule has 1 amide bonds. The van der Waals surface area contributed by atoms with Gasteiger partial charge in [-0.1, -0.05) is 20.8 Å². The molecular weight excluding hydrogens is 422 g/mol. The molecule has 5 N–H and O–H groups in total. The van der Waals surface area contributed by atoms with E-state index >= 15 is 0 Å². The molecular formula is C26H43NO6. The predicted molar refractivity (Wildman–Crippen MR) is 123 cm³/mol. The molecule has 0 heterocycles. The lowest BCUT2D eigenvalue weighted by molar-refractivity contribution is -0.223. The second-order valence-electron chi connectivity index (χ2n) is 12.2. The topological polar surface area (TPSA) is 127 Å². The van der Waals surface area contributed by atoms with Crippen LogP contribution in [-0.2, 0) is 9.59 Å². The van der Waals surface area contributed by atoms with Crippen molar-refractivity contribution in [2.45, 2.75) is 96.9 Å². The van der Waals surface area contributed by atoms with E-state index in [2.05, 4.69) is 26.1 Å². The van der Waals surface area contributed by atoms with Gasteiger partial charge in [0.2, 0.25) is 5.91 Å². The smallest absolute Gasteiger partial charge is 0.322 e. The Morgan fingerprint density at radius 2 is 1.61 bits per heavy atom. The lowest BCUT2D eigenvalue weighted by atomic mass is 9.43. The van der Waals surface area contributed by atoms with Gasteiger partial charge in [0, 0.05) is 6.42 Å². The molecule has 4 aliphatic carbocycles. The standard InChI is InChI=1S/C26H43NO6/c1-14(4-7-20(29)27-13-21(30)31)16-5-6-17-22-18(9-11-25(16,17)2)26(3)10-8-15(28)12-19(26)23(32)24(22)33/h14-19,22-24,28,32-33H,4-13H2,1-3H3,(H,27,29)(H,30,31)/t14-,15-,16-,17+,18+,19+,22+,23-,24-,25-,26-/m1/s1. The third-order valence-electron chi connectivity index (χ3n) is 10.7. The molecule has 0 saturated heterocycles. The Morgan fingerprint density at radius 3 is 2.30 bits per heavy atom. The number of carboxylic acid groups (broad SMARTS) is 1. The van der Waals surface area contributed by atoms with E-state index in [1.54, 1.807) is 0 Å². The fourth-order valence-electron chi connectivity index (χ4n) is 9.04. The summed E-state index contributed by atoms with van der Waals surface area (Å²) in [6, 6.07) is 0. The molecule has 0 aromatic rings. The monoisotopic (exact) mass is 465 g/mol. The number of hydrogen-bond donors (Lipinski definition) is 5. The van der Waals surface area contributed by atoms with E-state index in [0.29, 0.717) is 36.5 Å². The van der Waals surface area contributed by atoms with Crippen LogP contribution in [0.25, 0.3) is 0 Å². The van der Waals surface area contributed by atoms with Crippen molar-refractivity contribution in [2.24, 2.45) is 46.3 Å². The maximum absolute atomic E-state index is 12.0. The molecule has 11 atom stereocenters. The number of carbonyl (C=O) groups excluding carboxylic acids is 1. The van der Waals surface area contributed by atoms with Crippen LogP contribution in [0.1, 0.15) is 78.6 Å². The lowest BCUT2D eigenvalue weighted by Gasteiger charge is -2.63.